The second kappa shape index (κ2) is 9.24. The first kappa shape index (κ1) is 23.8. The number of hydrogen-bond donors (Lipinski definition) is 0. The molecule has 0 N–H and O–H groups in total. The molecule has 1 fully saturated rings. The van der Waals surface area contributed by atoms with Crippen molar-refractivity contribution in [2.24, 2.45) is 5.92 Å². The minimum Gasteiger partial charge on any atom is -0.312 e. The van der Waals surface area contributed by atoms with Crippen LogP contribution in [0, 0.1) is 5.92 Å². The first-order valence-corrected chi connectivity index (χ1v) is 15.0. The van der Waals surface area contributed by atoms with Gasteiger partial charge in [-0.05, 0) is 108 Å². The predicted molar refractivity (Wildman–Crippen MR) is 170 cm³/mol. The van der Waals surface area contributed by atoms with Gasteiger partial charge in [0.15, 0.2) is 0 Å². The molecular formula is C39H35N. The van der Waals surface area contributed by atoms with Gasteiger partial charge < -0.3 is 4.57 Å². The zero-order valence-corrected chi connectivity index (χ0v) is 23.3. The Morgan fingerprint density at radius 3 is 2.50 bits per heavy atom. The summed E-state index contributed by atoms with van der Waals surface area (Å²) in [6, 6.07) is 24.6. The normalized spacial score (nSPS) is 21.0. The lowest BCUT2D eigenvalue weighted by Gasteiger charge is -2.28. The van der Waals surface area contributed by atoms with E-state index in [1.165, 1.54) is 76.7 Å². The number of allylic oxidation sites excluding steroid dienone is 7. The van der Waals surface area contributed by atoms with Crippen LogP contribution in [0.4, 0.5) is 0 Å². The molecule has 1 heterocycles. The van der Waals surface area contributed by atoms with Gasteiger partial charge in [0, 0.05) is 28.8 Å². The molecule has 4 aromatic rings. The summed E-state index contributed by atoms with van der Waals surface area (Å²) in [5, 5.41) is 1.42. The summed E-state index contributed by atoms with van der Waals surface area (Å²) in [7, 11) is 0. The number of rotatable bonds is 5. The molecule has 2 unspecified atom stereocenters. The van der Waals surface area contributed by atoms with Gasteiger partial charge in [-0.2, -0.15) is 0 Å². The molecule has 8 rings (SSSR count). The Hall–Kier alpha value is -4.10. The minimum absolute atomic E-state index is 0.694. The maximum absolute atomic E-state index is 4.42. The Morgan fingerprint density at radius 2 is 1.68 bits per heavy atom. The fourth-order valence-corrected chi connectivity index (χ4v) is 7.73. The highest BCUT2D eigenvalue weighted by atomic mass is 15.0. The fourth-order valence-electron chi connectivity index (χ4n) is 7.73. The van der Waals surface area contributed by atoms with E-state index < -0.39 is 0 Å². The van der Waals surface area contributed by atoms with Crippen LogP contribution in [-0.2, 0) is 6.42 Å². The van der Waals surface area contributed by atoms with Gasteiger partial charge in [0.05, 0.1) is 5.52 Å². The van der Waals surface area contributed by atoms with Gasteiger partial charge in [0.2, 0.25) is 0 Å². The van der Waals surface area contributed by atoms with Crippen molar-refractivity contribution in [3.05, 3.63) is 142 Å². The average Bonchev–Trinajstić information content (AvgIpc) is 3.62. The summed E-state index contributed by atoms with van der Waals surface area (Å²) in [6.07, 6.45) is 18.7. The molecule has 0 radical (unpaired) electrons. The van der Waals surface area contributed by atoms with E-state index in [0.717, 1.165) is 17.9 Å². The van der Waals surface area contributed by atoms with Crippen LogP contribution >= 0.6 is 0 Å². The number of fused-ring (bicyclic) bond motifs is 9. The van der Waals surface area contributed by atoms with Crippen molar-refractivity contribution in [2.45, 2.75) is 51.4 Å². The Bertz CT molecular complexity index is 1800. The standard InChI is InChI=1S/C39H35N/c1-3-4-6-11-26-22-35-33-21-20-32-30-14-9-10-15-31(30)34-24-36(34)38(32)39(33)40(37(35)23-26)29-18-16-28(17-19-29)25(2)27-12-7-5-8-13-27/h3-8,11-13,16-22,34,36H,2,9-10,14-15,23-24H2,1H3/b4-3-,11-6-. The monoisotopic (exact) mass is 517 g/mol. The first-order chi connectivity index (χ1) is 19.7. The molecule has 0 bridgehead atoms. The molecule has 0 aliphatic heterocycles. The molecule has 1 aromatic heterocycles. The lowest BCUT2D eigenvalue weighted by molar-refractivity contribution is 0.669. The number of aromatic nitrogens is 1. The van der Waals surface area contributed by atoms with Gasteiger partial charge in [-0.25, -0.2) is 0 Å². The van der Waals surface area contributed by atoms with E-state index in [2.05, 4.69) is 115 Å². The Kier molecular flexibility index (Phi) is 5.49. The van der Waals surface area contributed by atoms with Gasteiger partial charge in [-0.1, -0.05) is 91.1 Å². The van der Waals surface area contributed by atoms with Crippen molar-refractivity contribution < 1.29 is 0 Å². The van der Waals surface area contributed by atoms with Crippen LogP contribution in [0.25, 0.3) is 33.8 Å². The molecule has 0 amide bonds. The van der Waals surface area contributed by atoms with Crippen molar-refractivity contribution in [2.75, 3.05) is 0 Å². The SMILES string of the molecule is C=C(c1ccccc1)c1ccc(-n2c3c(c4ccc5c(c42)C2CC2C2=C5CCCC2)C=C(/C=C\C=C/C)C3)cc1. The largest absolute Gasteiger partial charge is 0.312 e. The Labute approximate surface area is 237 Å². The third-order valence-electron chi connectivity index (χ3n) is 9.67. The van der Waals surface area contributed by atoms with Crippen LogP contribution in [-0.4, -0.2) is 4.57 Å². The summed E-state index contributed by atoms with van der Waals surface area (Å²) in [5.74, 6) is 1.48. The number of nitrogens with zero attached hydrogens (tertiary/aromatic N) is 1. The van der Waals surface area contributed by atoms with E-state index in [4.69, 9.17) is 0 Å². The van der Waals surface area contributed by atoms with Crippen LogP contribution in [0.1, 0.15) is 78.5 Å². The summed E-state index contributed by atoms with van der Waals surface area (Å²) >= 11 is 0. The Balaban J connectivity index is 1.30. The van der Waals surface area contributed by atoms with E-state index in [1.807, 2.05) is 0 Å². The summed E-state index contributed by atoms with van der Waals surface area (Å²) in [4.78, 5) is 0. The van der Waals surface area contributed by atoms with E-state index in [0.29, 0.717) is 5.92 Å². The lowest BCUT2D eigenvalue weighted by Crippen LogP contribution is -2.11. The summed E-state index contributed by atoms with van der Waals surface area (Å²) in [5.41, 5.74) is 17.1. The van der Waals surface area contributed by atoms with Crippen LogP contribution in [0.5, 0.6) is 0 Å². The van der Waals surface area contributed by atoms with Crippen LogP contribution in [0.15, 0.2) is 109 Å². The molecule has 1 heteroatoms. The van der Waals surface area contributed by atoms with Crippen molar-refractivity contribution >= 4 is 28.1 Å². The smallest absolute Gasteiger partial charge is 0.0578 e. The van der Waals surface area contributed by atoms with Gasteiger partial charge in [0.1, 0.15) is 0 Å². The molecule has 3 aromatic carbocycles. The third-order valence-corrected chi connectivity index (χ3v) is 9.67. The van der Waals surface area contributed by atoms with Crippen LogP contribution in [0.2, 0.25) is 0 Å². The van der Waals surface area contributed by atoms with Crippen molar-refractivity contribution in [1.29, 1.82) is 0 Å². The third kappa shape index (κ3) is 3.60. The number of hydrogen-bond acceptors (Lipinski definition) is 0. The quantitative estimate of drug-likeness (QED) is 0.232. The minimum atomic E-state index is 0.694. The maximum atomic E-state index is 4.42. The van der Waals surface area contributed by atoms with Crippen molar-refractivity contribution in [3.8, 4) is 5.69 Å². The van der Waals surface area contributed by atoms with Gasteiger partial charge in [0.25, 0.3) is 0 Å². The van der Waals surface area contributed by atoms with Gasteiger partial charge in [-0.15, -0.1) is 0 Å². The second-order valence-corrected chi connectivity index (χ2v) is 12.0. The molecular weight excluding hydrogens is 482 g/mol. The highest BCUT2D eigenvalue weighted by Crippen LogP contribution is 2.63. The van der Waals surface area contributed by atoms with E-state index in [-0.39, 0.29) is 0 Å². The zero-order valence-electron chi connectivity index (χ0n) is 23.3. The molecule has 0 saturated heterocycles. The average molecular weight is 518 g/mol. The van der Waals surface area contributed by atoms with Crippen molar-refractivity contribution in [1.82, 2.24) is 4.57 Å². The molecule has 40 heavy (non-hydrogen) atoms. The number of benzene rings is 3. The van der Waals surface area contributed by atoms with Crippen LogP contribution in [0.3, 0.4) is 0 Å². The molecule has 4 aliphatic carbocycles. The van der Waals surface area contributed by atoms with Gasteiger partial charge >= 0.3 is 0 Å². The first-order valence-electron chi connectivity index (χ1n) is 15.0. The molecule has 1 saturated carbocycles. The zero-order chi connectivity index (χ0) is 26.8. The maximum Gasteiger partial charge on any atom is 0.0578 e. The molecule has 4 aliphatic rings. The van der Waals surface area contributed by atoms with E-state index >= 15 is 0 Å². The van der Waals surface area contributed by atoms with E-state index in [9.17, 15) is 0 Å². The highest BCUT2D eigenvalue weighted by molar-refractivity contribution is 6.01. The summed E-state index contributed by atoms with van der Waals surface area (Å²) in [6.45, 7) is 6.49. The topological polar surface area (TPSA) is 4.93 Å². The fraction of sp³-hybridized carbons (Fsp3) is 0.231. The Morgan fingerprint density at radius 1 is 0.875 bits per heavy atom. The van der Waals surface area contributed by atoms with Gasteiger partial charge in [-0.3, -0.25) is 0 Å². The predicted octanol–water partition coefficient (Wildman–Crippen LogP) is 10.2. The van der Waals surface area contributed by atoms with Crippen molar-refractivity contribution in [3.63, 3.8) is 0 Å². The molecule has 1 nitrogen and oxygen atoms in total. The molecule has 2 atom stereocenters. The molecule has 0 spiro atoms. The highest BCUT2D eigenvalue weighted by Gasteiger charge is 2.48. The molecule has 196 valence electrons. The summed E-state index contributed by atoms with van der Waals surface area (Å²) < 4.78 is 2.62. The van der Waals surface area contributed by atoms with E-state index in [1.54, 1.807) is 22.3 Å². The second-order valence-electron chi connectivity index (χ2n) is 12.0. The lowest BCUT2D eigenvalue weighted by atomic mass is 9.78. The van der Waals surface area contributed by atoms with Crippen LogP contribution < -0.4 is 0 Å².